The maximum atomic E-state index is 2.38. The lowest BCUT2D eigenvalue weighted by atomic mass is 9.95. The van der Waals surface area contributed by atoms with Crippen molar-refractivity contribution in [1.82, 2.24) is 0 Å². The monoisotopic (exact) mass is 172 g/mol. The van der Waals surface area contributed by atoms with Gasteiger partial charge in [0.25, 0.3) is 0 Å². The van der Waals surface area contributed by atoms with Crippen molar-refractivity contribution in [3.8, 4) is 0 Å². The lowest BCUT2D eigenvalue weighted by Gasteiger charge is -2.10. The zero-order valence-electron chi connectivity index (χ0n) is 8.59. The van der Waals surface area contributed by atoms with Crippen LogP contribution in [-0.2, 0) is 6.42 Å². The summed E-state index contributed by atoms with van der Waals surface area (Å²) >= 11 is 0. The molecule has 1 aromatic rings. The van der Waals surface area contributed by atoms with Gasteiger partial charge in [-0.15, -0.1) is 0 Å². The van der Waals surface area contributed by atoms with Crippen molar-refractivity contribution in [2.24, 2.45) is 5.92 Å². The summed E-state index contributed by atoms with van der Waals surface area (Å²) in [6, 6.07) is 6.62. The third-order valence-corrected chi connectivity index (χ3v) is 2.87. The molecule has 0 aromatic heterocycles. The molecule has 0 atom stereocenters. The summed E-state index contributed by atoms with van der Waals surface area (Å²) in [4.78, 5) is 0. The summed E-state index contributed by atoms with van der Waals surface area (Å²) in [6.45, 7) is 6.74. The molecule has 68 valence electrons. The molecule has 0 unspecified atom stereocenters. The number of allylic oxidation sites excluding steroid dienone is 2. The van der Waals surface area contributed by atoms with Crippen molar-refractivity contribution in [3.63, 3.8) is 0 Å². The van der Waals surface area contributed by atoms with E-state index in [1.165, 1.54) is 22.3 Å². The lowest BCUT2D eigenvalue weighted by molar-refractivity contribution is 0.857. The molecule has 2 rings (SSSR count). The van der Waals surface area contributed by atoms with Crippen LogP contribution in [0.5, 0.6) is 0 Å². The second kappa shape index (κ2) is 3.02. The van der Waals surface area contributed by atoms with Gasteiger partial charge in [-0.25, -0.2) is 0 Å². The minimum Gasteiger partial charge on any atom is -0.0760 e. The SMILES string of the molecule is Cc1cccc2c1CC=C2C(C)C. The molecule has 0 N–H and O–H groups in total. The Morgan fingerprint density at radius 3 is 2.69 bits per heavy atom. The van der Waals surface area contributed by atoms with E-state index in [1.54, 1.807) is 0 Å². The van der Waals surface area contributed by atoms with E-state index in [2.05, 4.69) is 45.0 Å². The fraction of sp³-hybridized carbons (Fsp3) is 0.385. The Bertz CT molecular complexity index is 356. The molecular formula is C13H16. The van der Waals surface area contributed by atoms with Gasteiger partial charge in [0.15, 0.2) is 0 Å². The summed E-state index contributed by atoms with van der Waals surface area (Å²) in [5.74, 6) is 0.656. The summed E-state index contributed by atoms with van der Waals surface area (Å²) in [6.07, 6.45) is 3.51. The fourth-order valence-corrected chi connectivity index (χ4v) is 2.11. The predicted molar refractivity (Wildman–Crippen MR) is 57.7 cm³/mol. The number of benzene rings is 1. The van der Waals surface area contributed by atoms with E-state index in [9.17, 15) is 0 Å². The zero-order valence-corrected chi connectivity index (χ0v) is 8.59. The Balaban J connectivity index is 2.50. The van der Waals surface area contributed by atoms with Gasteiger partial charge in [0.2, 0.25) is 0 Å². The standard InChI is InChI=1S/C13H16/c1-9(2)11-7-8-12-10(3)5-4-6-13(11)12/h4-7,9H,8H2,1-3H3. The maximum Gasteiger partial charge on any atom is -0.00826 e. The van der Waals surface area contributed by atoms with E-state index >= 15 is 0 Å². The Morgan fingerprint density at radius 1 is 1.23 bits per heavy atom. The third kappa shape index (κ3) is 1.31. The quantitative estimate of drug-likeness (QED) is 0.607. The van der Waals surface area contributed by atoms with Crippen LogP contribution in [0.15, 0.2) is 24.3 Å². The van der Waals surface area contributed by atoms with Crippen molar-refractivity contribution in [2.45, 2.75) is 27.2 Å². The number of hydrogen-bond acceptors (Lipinski definition) is 0. The highest BCUT2D eigenvalue weighted by Gasteiger charge is 2.16. The minimum absolute atomic E-state index is 0.656. The molecule has 0 heterocycles. The Morgan fingerprint density at radius 2 is 2.00 bits per heavy atom. The molecule has 0 nitrogen and oxygen atoms in total. The van der Waals surface area contributed by atoms with E-state index in [1.807, 2.05) is 0 Å². The molecule has 0 saturated carbocycles. The molecule has 0 amide bonds. The van der Waals surface area contributed by atoms with Gasteiger partial charge in [-0.2, -0.15) is 0 Å². The first-order valence-electron chi connectivity index (χ1n) is 4.99. The van der Waals surface area contributed by atoms with Crippen LogP contribution >= 0.6 is 0 Å². The Kier molecular flexibility index (Phi) is 1.99. The third-order valence-electron chi connectivity index (χ3n) is 2.87. The largest absolute Gasteiger partial charge is 0.0760 e. The highest BCUT2D eigenvalue weighted by atomic mass is 14.2. The Hall–Kier alpha value is -1.04. The first-order chi connectivity index (χ1) is 6.20. The van der Waals surface area contributed by atoms with E-state index < -0.39 is 0 Å². The summed E-state index contributed by atoms with van der Waals surface area (Å²) < 4.78 is 0. The smallest absolute Gasteiger partial charge is 0.00826 e. The van der Waals surface area contributed by atoms with Gasteiger partial charge in [0, 0.05) is 0 Å². The van der Waals surface area contributed by atoms with Gasteiger partial charge in [-0.3, -0.25) is 0 Å². The van der Waals surface area contributed by atoms with Gasteiger partial charge in [-0.1, -0.05) is 38.1 Å². The second-order valence-corrected chi connectivity index (χ2v) is 4.12. The number of hydrogen-bond donors (Lipinski definition) is 0. The van der Waals surface area contributed by atoms with Crippen molar-refractivity contribution in [3.05, 3.63) is 41.0 Å². The van der Waals surface area contributed by atoms with E-state index in [0.29, 0.717) is 5.92 Å². The normalized spacial score (nSPS) is 14.6. The molecular weight excluding hydrogens is 156 g/mol. The first-order valence-corrected chi connectivity index (χ1v) is 4.99. The Labute approximate surface area is 80.3 Å². The molecule has 1 aliphatic carbocycles. The van der Waals surface area contributed by atoms with Crippen LogP contribution in [0.1, 0.15) is 30.5 Å². The average Bonchev–Trinajstić information content (AvgIpc) is 2.48. The second-order valence-electron chi connectivity index (χ2n) is 4.12. The number of rotatable bonds is 1. The molecule has 0 spiro atoms. The first kappa shape index (κ1) is 8.55. The van der Waals surface area contributed by atoms with Crippen molar-refractivity contribution in [2.75, 3.05) is 0 Å². The molecule has 0 aliphatic heterocycles. The van der Waals surface area contributed by atoms with Gasteiger partial charge in [0.05, 0.1) is 0 Å². The van der Waals surface area contributed by atoms with Crippen LogP contribution < -0.4 is 0 Å². The minimum atomic E-state index is 0.656. The van der Waals surface area contributed by atoms with Gasteiger partial charge >= 0.3 is 0 Å². The lowest BCUT2D eigenvalue weighted by Crippen LogP contribution is -1.93. The molecule has 0 bridgehead atoms. The molecule has 13 heavy (non-hydrogen) atoms. The molecule has 1 aromatic carbocycles. The molecule has 0 saturated heterocycles. The molecule has 0 radical (unpaired) electrons. The molecule has 0 heteroatoms. The summed E-state index contributed by atoms with van der Waals surface area (Å²) in [5, 5.41) is 0. The van der Waals surface area contributed by atoms with Crippen molar-refractivity contribution >= 4 is 5.57 Å². The van der Waals surface area contributed by atoms with Gasteiger partial charge in [-0.05, 0) is 41.5 Å². The topological polar surface area (TPSA) is 0 Å². The summed E-state index contributed by atoms with van der Waals surface area (Å²) in [5.41, 5.74) is 5.98. The van der Waals surface area contributed by atoms with Gasteiger partial charge in [0.1, 0.15) is 0 Å². The van der Waals surface area contributed by atoms with Gasteiger partial charge < -0.3 is 0 Å². The van der Waals surface area contributed by atoms with E-state index in [-0.39, 0.29) is 0 Å². The number of fused-ring (bicyclic) bond motifs is 1. The van der Waals surface area contributed by atoms with E-state index in [0.717, 1.165) is 6.42 Å². The van der Waals surface area contributed by atoms with E-state index in [4.69, 9.17) is 0 Å². The highest BCUT2D eigenvalue weighted by molar-refractivity contribution is 5.75. The summed E-state index contributed by atoms with van der Waals surface area (Å²) in [7, 11) is 0. The van der Waals surface area contributed by atoms with Crippen LogP contribution in [0.3, 0.4) is 0 Å². The maximum absolute atomic E-state index is 2.38. The molecule has 0 fully saturated rings. The highest BCUT2D eigenvalue weighted by Crippen LogP contribution is 2.33. The molecule has 1 aliphatic rings. The van der Waals surface area contributed by atoms with Crippen LogP contribution in [0.25, 0.3) is 5.57 Å². The van der Waals surface area contributed by atoms with Crippen molar-refractivity contribution in [1.29, 1.82) is 0 Å². The fourth-order valence-electron chi connectivity index (χ4n) is 2.11. The average molecular weight is 172 g/mol. The van der Waals surface area contributed by atoms with Crippen LogP contribution in [0.2, 0.25) is 0 Å². The van der Waals surface area contributed by atoms with Crippen LogP contribution in [-0.4, -0.2) is 0 Å². The van der Waals surface area contributed by atoms with Crippen molar-refractivity contribution < 1.29 is 0 Å². The predicted octanol–water partition coefficient (Wildman–Crippen LogP) is 3.59. The van der Waals surface area contributed by atoms with Crippen LogP contribution in [0.4, 0.5) is 0 Å². The zero-order chi connectivity index (χ0) is 9.42. The number of aryl methyl sites for hydroxylation is 1. The van der Waals surface area contributed by atoms with Crippen LogP contribution in [0, 0.1) is 12.8 Å².